The van der Waals surface area contributed by atoms with Crippen molar-refractivity contribution in [2.45, 2.75) is 65.4 Å². The second-order valence-electron chi connectivity index (χ2n) is 5.31. The van der Waals surface area contributed by atoms with E-state index in [0.717, 1.165) is 42.5 Å². The standard InChI is InChI=1S/C15H25N3O/c1-4-16-14-11(2)15(18-12(3)17-14)19-13-9-7-5-6-8-10-13/h13H,4-10H2,1-3H3,(H,16,17,18). The fraction of sp³-hybridized carbons (Fsp3) is 0.733. The molecule has 1 heterocycles. The van der Waals surface area contributed by atoms with Crippen LogP contribution in [0.4, 0.5) is 5.82 Å². The topological polar surface area (TPSA) is 47.0 Å². The lowest BCUT2D eigenvalue weighted by Gasteiger charge is -2.19. The van der Waals surface area contributed by atoms with Crippen molar-refractivity contribution in [2.75, 3.05) is 11.9 Å². The highest BCUT2D eigenvalue weighted by Crippen LogP contribution is 2.26. The van der Waals surface area contributed by atoms with Crippen molar-refractivity contribution in [3.05, 3.63) is 11.4 Å². The van der Waals surface area contributed by atoms with Gasteiger partial charge in [0.25, 0.3) is 0 Å². The van der Waals surface area contributed by atoms with E-state index in [1.165, 1.54) is 25.7 Å². The molecule has 19 heavy (non-hydrogen) atoms. The fourth-order valence-corrected chi connectivity index (χ4v) is 2.57. The van der Waals surface area contributed by atoms with Crippen LogP contribution >= 0.6 is 0 Å². The zero-order chi connectivity index (χ0) is 13.7. The Bertz CT molecular complexity index is 412. The van der Waals surface area contributed by atoms with Crippen LogP contribution in [0.25, 0.3) is 0 Å². The van der Waals surface area contributed by atoms with E-state index in [4.69, 9.17) is 4.74 Å². The maximum atomic E-state index is 6.14. The van der Waals surface area contributed by atoms with Crippen LogP contribution in [0.15, 0.2) is 0 Å². The largest absolute Gasteiger partial charge is 0.474 e. The van der Waals surface area contributed by atoms with Gasteiger partial charge in [-0.2, -0.15) is 4.98 Å². The number of rotatable bonds is 4. The number of ether oxygens (including phenoxy) is 1. The Labute approximate surface area is 116 Å². The number of nitrogens with zero attached hydrogens (tertiary/aromatic N) is 2. The number of aryl methyl sites for hydroxylation is 1. The summed E-state index contributed by atoms with van der Waals surface area (Å²) in [5.41, 5.74) is 1.02. The van der Waals surface area contributed by atoms with Gasteiger partial charge >= 0.3 is 0 Å². The number of hydrogen-bond donors (Lipinski definition) is 1. The molecule has 1 aliphatic rings. The highest BCUT2D eigenvalue weighted by Gasteiger charge is 2.17. The normalized spacial score (nSPS) is 17.0. The first-order valence-corrected chi connectivity index (χ1v) is 7.46. The lowest BCUT2D eigenvalue weighted by Crippen LogP contribution is -2.18. The second-order valence-corrected chi connectivity index (χ2v) is 5.31. The van der Waals surface area contributed by atoms with Crippen LogP contribution in [0.3, 0.4) is 0 Å². The molecule has 1 fully saturated rings. The van der Waals surface area contributed by atoms with Gasteiger partial charge in [0, 0.05) is 6.54 Å². The molecule has 1 saturated carbocycles. The van der Waals surface area contributed by atoms with Crippen molar-refractivity contribution in [1.29, 1.82) is 0 Å². The van der Waals surface area contributed by atoms with Crippen molar-refractivity contribution in [3.63, 3.8) is 0 Å². The molecule has 1 aliphatic carbocycles. The van der Waals surface area contributed by atoms with Crippen molar-refractivity contribution >= 4 is 5.82 Å². The van der Waals surface area contributed by atoms with Crippen molar-refractivity contribution < 1.29 is 4.74 Å². The van der Waals surface area contributed by atoms with Crippen molar-refractivity contribution in [1.82, 2.24) is 9.97 Å². The Morgan fingerprint density at radius 1 is 1.11 bits per heavy atom. The van der Waals surface area contributed by atoms with Crippen LogP contribution < -0.4 is 10.1 Å². The molecule has 0 aromatic carbocycles. The van der Waals surface area contributed by atoms with Gasteiger partial charge in [-0.25, -0.2) is 4.98 Å². The van der Waals surface area contributed by atoms with Crippen LogP contribution in [-0.2, 0) is 0 Å². The van der Waals surface area contributed by atoms with Gasteiger partial charge in [-0.05, 0) is 46.5 Å². The third-order valence-electron chi connectivity index (χ3n) is 3.64. The van der Waals surface area contributed by atoms with Gasteiger partial charge in [0.05, 0.1) is 5.56 Å². The minimum absolute atomic E-state index is 0.324. The van der Waals surface area contributed by atoms with E-state index in [2.05, 4.69) is 22.2 Å². The molecule has 4 heteroatoms. The fourth-order valence-electron chi connectivity index (χ4n) is 2.57. The van der Waals surface area contributed by atoms with Crippen LogP contribution in [0.5, 0.6) is 5.88 Å². The second kappa shape index (κ2) is 6.73. The monoisotopic (exact) mass is 263 g/mol. The summed E-state index contributed by atoms with van der Waals surface area (Å²) < 4.78 is 6.14. The van der Waals surface area contributed by atoms with E-state index >= 15 is 0 Å². The Morgan fingerprint density at radius 3 is 2.42 bits per heavy atom. The summed E-state index contributed by atoms with van der Waals surface area (Å²) in [6.45, 7) is 6.88. The number of hydrogen-bond acceptors (Lipinski definition) is 4. The third kappa shape index (κ3) is 3.82. The average Bonchev–Trinajstić information content (AvgIpc) is 2.64. The zero-order valence-corrected chi connectivity index (χ0v) is 12.3. The van der Waals surface area contributed by atoms with Gasteiger partial charge in [-0.1, -0.05) is 12.8 Å². The zero-order valence-electron chi connectivity index (χ0n) is 12.3. The molecule has 0 unspecified atom stereocenters. The Morgan fingerprint density at radius 2 is 1.79 bits per heavy atom. The average molecular weight is 263 g/mol. The molecule has 2 rings (SSSR count). The highest BCUT2D eigenvalue weighted by molar-refractivity contribution is 5.48. The summed E-state index contributed by atoms with van der Waals surface area (Å²) in [6.07, 6.45) is 7.85. The molecule has 1 aromatic heterocycles. The van der Waals surface area contributed by atoms with Gasteiger partial charge < -0.3 is 10.1 Å². The molecule has 0 amide bonds. The Kier molecular flexibility index (Phi) is 5.00. The van der Waals surface area contributed by atoms with Gasteiger partial charge in [0.15, 0.2) is 0 Å². The maximum absolute atomic E-state index is 6.14. The molecule has 0 radical (unpaired) electrons. The first-order chi connectivity index (χ1) is 9.20. The molecule has 106 valence electrons. The van der Waals surface area contributed by atoms with E-state index in [0.29, 0.717) is 6.10 Å². The number of aromatic nitrogens is 2. The molecule has 0 saturated heterocycles. The molecule has 0 atom stereocenters. The summed E-state index contributed by atoms with van der Waals surface area (Å²) in [6, 6.07) is 0. The predicted molar refractivity (Wildman–Crippen MR) is 77.8 cm³/mol. The van der Waals surface area contributed by atoms with E-state index < -0.39 is 0 Å². The van der Waals surface area contributed by atoms with Crippen molar-refractivity contribution in [2.24, 2.45) is 0 Å². The molecular weight excluding hydrogens is 238 g/mol. The first kappa shape index (κ1) is 14.1. The van der Waals surface area contributed by atoms with Crippen LogP contribution in [0.1, 0.15) is 56.8 Å². The number of nitrogens with one attached hydrogen (secondary N) is 1. The van der Waals surface area contributed by atoms with E-state index in [1.807, 2.05) is 13.8 Å². The summed E-state index contributed by atoms with van der Waals surface area (Å²) in [5.74, 6) is 2.43. The molecule has 0 bridgehead atoms. The van der Waals surface area contributed by atoms with Crippen molar-refractivity contribution in [3.8, 4) is 5.88 Å². The Balaban J connectivity index is 2.14. The summed E-state index contributed by atoms with van der Waals surface area (Å²) in [7, 11) is 0. The SMILES string of the molecule is CCNc1nc(C)nc(OC2CCCCCC2)c1C. The van der Waals surface area contributed by atoms with E-state index in [9.17, 15) is 0 Å². The number of anilines is 1. The third-order valence-corrected chi connectivity index (χ3v) is 3.64. The summed E-state index contributed by atoms with van der Waals surface area (Å²) in [4.78, 5) is 8.90. The van der Waals surface area contributed by atoms with E-state index in [-0.39, 0.29) is 0 Å². The quantitative estimate of drug-likeness (QED) is 0.843. The van der Waals surface area contributed by atoms with E-state index in [1.54, 1.807) is 0 Å². The molecule has 1 N–H and O–H groups in total. The summed E-state index contributed by atoms with van der Waals surface area (Å²) >= 11 is 0. The Hall–Kier alpha value is -1.32. The van der Waals surface area contributed by atoms with Crippen LogP contribution in [-0.4, -0.2) is 22.6 Å². The van der Waals surface area contributed by atoms with Gasteiger partial charge in [0.1, 0.15) is 17.7 Å². The molecular formula is C15H25N3O. The first-order valence-electron chi connectivity index (χ1n) is 7.46. The molecule has 4 nitrogen and oxygen atoms in total. The smallest absolute Gasteiger partial charge is 0.222 e. The van der Waals surface area contributed by atoms with Crippen LogP contribution in [0, 0.1) is 13.8 Å². The van der Waals surface area contributed by atoms with Gasteiger partial charge in [0.2, 0.25) is 5.88 Å². The molecule has 0 spiro atoms. The highest BCUT2D eigenvalue weighted by atomic mass is 16.5. The molecule has 1 aromatic rings. The summed E-state index contributed by atoms with van der Waals surface area (Å²) in [5, 5.41) is 3.28. The predicted octanol–water partition coefficient (Wildman–Crippen LogP) is 3.63. The lowest BCUT2D eigenvalue weighted by molar-refractivity contribution is 0.174. The lowest BCUT2D eigenvalue weighted by atomic mass is 10.1. The molecule has 0 aliphatic heterocycles. The van der Waals surface area contributed by atoms with Gasteiger partial charge in [-0.15, -0.1) is 0 Å². The minimum Gasteiger partial charge on any atom is -0.474 e. The van der Waals surface area contributed by atoms with Crippen LogP contribution in [0.2, 0.25) is 0 Å². The maximum Gasteiger partial charge on any atom is 0.222 e. The van der Waals surface area contributed by atoms with Gasteiger partial charge in [-0.3, -0.25) is 0 Å². The minimum atomic E-state index is 0.324.